The highest BCUT2D eigenvalue weighted by molar-refractivity contribution is 9.10. The van der Waals surface area contributed by atoms with Gasteiger partial charge in [-0.15, -0.1) is 0 Å². The van der Waals surface area contributed by atoms with Crippen LogP contribution in [0.15, 0.2) is 28.9 Å². The van der Waals surface area contributed by atoms with Gasteiger partial charge in [-0.25, -0.2) is 14.5 Å². The molecule has 0 unspecified atom stereocenters. The molecule has 1 N–H and O–H groups in total. The van der Waals surface area contributed by atoms with Crippen LogP contribution in [0.2, 0.25) is 0 Å². The fourth-order valence-corrected chi connectivity index (χ4v) is 2.93. The molecule has 3 heterocycles. The van der Waals surface area contributed by atoms with Crippen LogP contribution in [0.3, 0.4) is 0 Å². The minimum atomic E-state index is -0.0691. The molecule has 0 saturated heterocycles. The first-order valence-electron chi connectivity index (χ1n) is 7.68. The van der Waals surface area contributed by atoms with Gasteiger partial charge in [0.05, 0.1) is 5.69 Å². The van der Waals surface area contributed by atoms with Crippen LogP contribution in [0.1, 0.15) is 29.1 Å². The normalized spacial score (nSPS) is 11.0. The van der Waals surface area contributed by atoms with Gasteiger partial charge in [-0.1, -0.05) is 0 Å². The van der Waals surface area contributed by atoms with Gasteiger partial charge in [0.2, 0.25) is 5.91 Å². The fourth-order valence-electron chi connectivity index (χ4n) is 2.70. The van der Waals surface area contributed by atoms with Gasteiger partial charge < -0.3 is 5.32 Å². The van der Waals surface area contributed by atoms with Gasteiger partial charge in [0.25, 0.3) is 0 Å². The first kappa shape index (κ1) is 16.6. The minimum Gasteiger partial charge on any atom is -0.311 e. The summed E-state index contributed by atoms with van der Waals surface area (Å²) in [7, 11) is 0. The predicted molar refractivity (Wildman–Crippen MR) is 96.1 cm³/mol. The van der Waals surface area contributed by atoms with E-state index in [0.717, 1.165) is 32.8 Å². The zero-order chi connectivity index (χ0) is 17.3. The van der Waals surface area contributed by atoms with Gasteiger partial charge in [0, 0.05) is 34.5 Å². The number of halogens is 1. The third-order valence-electron chi connectivity index (χ3n) is 3.88. The quantitative estimate of drug-likeness (QED) is 0.744. The summed E-state index contributed by atoms with van der Waals surface area (Å²) in [4.78, 5) is 20.9. The molecule has 24 heavy (non-hydrogen) atoms. The molecular weight excluding hydrogens is 370 g/mol. The highest BCUT2D eigenvalue weighted by atomic mass is 79.9. The smallest absolute Gasteiger partial charge is 0.225 e. The molecular formula is C17H18BrN5O. The maximum atomic E-state index is 12.2. The molecule has 3 aromatic heterocycles. The van der Waals surface area contributed by atoms with Gasteiger partial charge in [-0.3, -0.25) is 4.79 Å². The summed E-state index contributed by atoms with van der Waals surface area (Å²) in [6, 6.07) is 5.56. The first-order chi connectivity index (χ1) is 11.4. The van der Waals surface area contributed by atoms with Crippen LogP contribution in [0.25, 0.3) is 5.65 Å². The number of hydrogen-bond donors (Lipinski definition) is 1. The Hall–Kier alpha value is -2.28. The number of carbonyl (C=O) groups excluding carboxylic acids is 1. The third-order valence-corrected chi connectivity index (χ3v) is 4.35. The maximum Gasteiger partial charge on any atom is 0.225 e. The highest BCUT2D eigenvalue weighted by Gasteiger charge is 2.13. The summed E-state index contributed by atoms with van der Waals surface area (Å²) in [6.45, 7) is 5.93. The standard InChI is InChI=1S/C17H18BrN5O/c1-10-8-16-20-11(2)14(12(3)23(16)22-10)5-7-17(24)21-15-6-4-13(18)9-19-15/h4,6,8-9H,5,7H2,1-3H3,(H,19,21,24). The molecule has 6 nitrogen and oxygen atoms in total. The number of aryl methyl sites for hydroxylation is 3. The van der Waals surface area contributed by atoms with Crippen LogP contribution in [-0.4, -0.2) is 25.5 Å². The first-order valence-corrected chi connectivity index (χ1v) is 8.47. The molecule has 0 aliphatic carbocycles. The predicted octanol–water partition coefficient (Wildman–Crippen LogP) is 3.38. The Kier molecular flexibility index (Phi) is 4.62. The second kappa shape index (κ2) is 6.68. The molecule has 0 bridgehead atoms. The molecule has 0 aliphatic heterocycles. The van der Waals surface area contributed by atoms with Crippen LogP contribution in [-0.2, 0) is 11.2 Å². The van der Waals surface area contributed by atoms with Gasteiger partial charge in [-0.2, -0.15) is 5.10 Å². The van der Waals surface area contributed by atoms with Crippen molar-refractivity contribution in [2.45, 2.75) is 33.6 Å². The Morgan fingerprint density at radius 3 is 2.79 bits per heavy atom. The lowest BCUT2D eigenvalue weighted by atomic mass is 10.1. The summed E-state index contributed by atoms with van der Waals surface area (Å²) < 4.78 is 2.71. The third kappa shape index (κ3) is 3.46. The van der Waals surface area contributed by atoms with E-state index in [4.69, 9.17) is 0 Å². The van der Waals surface area contributed by atoms with Gasteiger partial charge in [-0.05, 0) is 60.8 Å². The molecule has 0 aliphatic rings. The van der Waals surface area contributed by atoms with Crippen LogP contribution in [0, 0.1) is 20.8 Å². The molecule has 0 atom stereocenters. The molecule has 0 aromatic carbocycles. The van der Waals surface area contributed by atoms with Gasteiger partial charge >= 0.3 is 0 Å². The van der Waals surface area contributed by atoms with Crippen LogP contribution in [0.4, 0.5) is 5.82 Å². The molecule has 3 rings (SSSR count). The zero-order valence-electron chi connectivity index (χ0n) is 13.8. The monoisotopic (exact) mass is 387 g/mol. The fraction of sp³-hybridized carbons (Fsp3) is 0.294. The molecule has 7 heteroatoms. The van der Waals surface area contributed by atoms with Gasteiger partial charge in [0.15, 0.2) is 5.65 Å². The summed E-state index contributed by atoms with van der Waals surface area (Å²) in [5.41, 5.74) is 4.80. The maximum absolute atomic E-state index is 12.2. The number of nitrogens with one attached hydrogen (secondary N) is 1. The zero-order valence-corrected chi connectivity index (χ0v) is 15.4. The van der Waals surface area contributed by atoms with Crippen molar-refractivity contribution in [1.29, 1.82) is 0 Å². The number of aromatic nitrogens is 4. The number of fused-ring (bicyclic) bond motifs is 1. The Morgan fingerprint density at radius 2 is 2.08 bits per heavy atom. The van der Waals surface area contributed by atoms with E-state index < -0.39 is 0 Å². The van der Waals surface area contributed by atoms with E-state index in [9.17, 15) is 4.79 Å². The van der Waals surface area contributed by atoms with Crippen LogP contribution in [0.5, 0.6) is 0 Å². The molecule has 0 saturated carbocycles. The lowest BCUT2D eigenvalue weighted by molar-refractivity contribution is -0.116. The summed E-state index contributed by atoms with van der Waals surface area (Å²) in [6.07, 6.45) is 2.64. The molecule has 124 valence electrons. The second-order valence-electron chi connectivity index (χ2n) is 5.73. The number of carbonyl (C=O) groups is 1. The summed E-state index contributed by atoms with van der Waals surface area (Å²) in [5, 5.41) is 7.26. The van der Waals surface area contributed by atoms with E-state index >= 15 is 0 Å². The van der Waals surface area contributed by atoms with Crippen molar-refractivity contribution in [2.24, 2.45) is 0 Å². The Morgan fingerprint density at radius 1 is 1.29 bits per heavy atom. The van der Waals surface area contributed by atoms with Crippen molar-refractivity contribution in [3.63, 3.8) is 0 Å². The number of nitrogens with zero attached hydrogens (tertiary/aromatic N) is 4. The Bertz CT molecular complexity index is 901. The van der Waals surface area contributed by atoms with Crippen molar-refractivity contribution in [3.8, 4) is 0 Å². The topological polar surface area (TPSA) is 72.2 Å². The van der Waals surface area contributed by atoms with Crippen molar-refractivity contribution in [3.05, 3.63) is 51.5 Å². The number of rotatable bonds is 4. The van der Waals surface area contributed by atoms with E-state index in [1.54, 1.807) is 12.3 Å². The SMILES string of the molecule is Cc1cc2nc(C)c(CCC(=O)Nc3ccc(Br)cn3)c(C)n2n1. The summed E-state index contributed by atoms with van der Waals surface area (Å²) in [5.74, 6) is 0.480. The lowest BCUT2D eigenvalue weighted by Gasteiger charge is -2.11. The molecule has 0 fully saturated rings. The van der Waals surface area contributed by atoms with Crippen molar-refractivity contribution in [2.75, 3.05) is 5.32 Å². The highest BCUT2D eigenvalue weighted by Crippen LogP contribution is 2.17. The largest absolute Gasteiger partial charge is 0.311 e. The molecule has 0 spiro atoms. The average molecular weight is 388 g/mol. The average Bonchev–Trinajstić information content (AvgIpc) is 2.90. The number of anilines is 1. The molecule has 1 amide bonds. The second-order valence-corrected chi connectivity index (χ2v) is 6.64. The van der Waals surface area contributed by atoms with E-state index in [0.29, 0.717) is 18.7 Å². The van der Waals surface area contributed by atoms with Crippen molar-refractivity contribution >= 4 is 33.3 Å². The van der Waals surface area contributed by atoms with E-state index in [1.165, 1.54) is 0 Å². The molecule has 0 radical (unpaired) electrons. The van der Waals surface area contributed by atoms with E-state index in [-0.39, 0.29) is 5.91 Å². The van der Waals surface area contributed by atoms with Gasteiger partial charge in [0.1, 0.15) is 5.82 Å². The lowest BCUT2D eigenvalue weighted by Crippen LogP contribution is -2.15. The van der Waals surface area contributed by atoms with E-state index in [2.05, 4.69) is 36.3 Å². The van der Waals surface area contributed by atoms with E-state index in [1.807, 2.05) is 37.4 Å². The van der Waals surface area contributed by atoms with Crippen molar-refractivity contribution in [1.82, 2.24) is 19.6 Å². The number of hydrogen-bond acceptors (Lipinski definition) is 4. The number of pyridine rings is 1. The van der Waals surface area contributed by atoms with Crippen molar-refractivity contribution < 1.29 is 4.79 Å². The van der Waals surface area contributed by atoms with Crippen LogP contribution < -0.4 is 5.32 Å². The van der Waals surface area contributed by atoms with Crippen LogP contribution >= 0.6 is 15.9 Å². The number of amides is 1. The summed E-state index contributed by atoms with van der Waals surface area (Å²) >= 11 is 3.32. The Labute approximate surface area is 148 Å². The molecule has 3 aromatic rings. The minimum absolute atomic E-state index is 0.0691. The Balaban J connectivity index is 1.73.